The molecular formula is C20H16FN5O4. The van der Waals surface area contributed by atoms with Gasteiger partial charge < -0.3 is 14.8 Å². The van der Waals surface area contributed by atoms with Crippen LogP contribution in [0.4, 0.5) is 10.3 Å². The lowest BCUT2D eigenvalue weighted by atomic mass is 9.89. The second-order valence-electron chi connectivity index (χ2n) is 6.33. The number of hydrogen-bond donors (Lipinski definition) is 1. The molecule has 3 aromatic rings. The van der Waals surface area contributed by atoms with Crippen molar-refractivity contribution in [2.75, 3.05) is 19.5 Å². The van der Waals surface area contributed by atoms with E-state index in [9.17, 15) is 14.0 Å². The van der Waals surface area contributed by atoms with Crippen molar-refractivity contribution in [3.63, 3.8) is 0 Å². The number of ether oxygens (including phenoxy) is 2. The number of nitrogens with one attached hydrogen (secondary N) is 1. The van der Waals surface area contributed by atoms with Crippen molar-refractivity contribution < 1.29 is 23.5 Å². The molecule has 0 amide bonds. The number of benzene rings is 2. The van der Waals surface area contributed by atoms with Crippen molar-refractivity contribution in [2.24, 2.45) is 0 Å². The summed E-state index contributed by atoms with van der Waals surface area (Å²) < 4.78 is 25.1. The van der Waals surface area contributed by atoms with Crippen molar-refractivity contribution >= 4 is 17.7 Å². The van der Waals surface area contributed by atoms with E-state index >= 15 is 0 Å². The molecule has 2 heterocycles. The lowest BCUT2D eigenvalue weighted by molar-refractivity contribution is -0.136. The van der Waals surface area contributed by atoms with Gasteiger partial charge in [0.15, 0.2) is 5.78 Å². The van der Waals surface area contributed by atoms with Crippen LogP contribution in [0.1, 0.15) is 22.0 Å². The maximum Gasteiger partial charge on any atom is 0.355 e. The fourth-order valence-electron chi connectivity index (χ4n) is 3.33. The number of rotatable bonds is 5. The zero-order chi connectivity index (χ0) is 21.3. The van der Waals surface area contributed by atoms with Crippen molar-refractivity contribution in [3.8, 4) is 5.75 Å². The molecule has 1 aromatic heterocycles. The summed E-state index contributed by atoms with van der Waals surface area (Å²) in [6, 6.07) is 11.1. The summed E-state index contributed by atoms with van der Waals surface area (Å²) in [6.45, 7) is 0. The number of aromatic nitrogens is 4. The van der Waals surface area contributed by atoms with Gasteiger partial charge in [-0.15, -0.1) is 0 Å². The number of allylic oxidation sites excluding steroid dienone is 1. The molecule has 2 aromatic carbocycles. The zero-order valence-corrected chi connectivity index (χ0v) is 16.0. The highest BCUT2D eigenvalue weighted by molar-refractivity contribution is 6.15. The summed E-state index contributed by atoms with van der Waals surface area (Å²) in [4.78, 5) is 26.1. The Balaban J connectivity index is 1.98. The third kappa shape index (κ3) is 3.17. The molecule has 1 aliphatic heterocycles. The molecule has 30 heavy (non-hydrogen) atoms. The van der Waals surface area contributed by atoms with E-state index < -0.39 is 23.6 Å². The first-order chi connectivity index (χ1) is 14.5. The first kappa shape index (κ1) is 19.2. The largest absolute Gasteiger partial charge is 0.496 e. The van der Waals surface area contributed by atoms with E-state index in [1.54, 1.807) is 24.3 Å². The lowest BCUT2D eigenvalue weighted by Crippen LogP contribution is -2.33. The number of methoxy groups -OCH3 is 2. The quantitative estimate of drug-likeness (QED) is 0.504. The van der Waals surface area contributed by atoms with Gasteiger partial charge in [0.1, 0.15) is 23.3 Å². The summed E-state index contributed by atoms with van der Waals surface area (Å²) in [6.07, 6.45) is 0. The Hall–Kier alpha value is -4.08. The molecule has 0 unspecified atom stereocenters. The standard InChI is InChI=1S/C20H16FN5O4/c1-29-14-6-4-3-5-13(14)17-15(18(27)11-7-9-12(21)10-8-11)16(19(28)30-2)22-20-23-24-25-26(17)20/h3-10,17H,1-2H3,(H,22,23,25)/t17-/m1/s1. The summed E-state index contributed by atoms with van der Waals surface area (Å²) in [7, 11) is 2.69. The van der Waals surface area contributed by atoms with Crippen LogP contribution in [0.3, 0.4) is 0 Å². The maximum atomic E-state index is 13.5. The summed E-state index contributed by atoms with van der Waals surface area (Å²) >= 11 is 0. The number of para-hydroxylation sites is 1. The number of fused-ring (bicyclic) bond motifs is 1. The van der Waals surface area contributed by atoms with E-state index in [1.165, 1.54) is 43.2 Å². The van der Waals surface area contributed by atoms with Crippen LogP contribution in [0.15, 0.2) is 59.8 Å². The second kappa shape index (κ2) is 7.74. The SMILES string of the molecule is COC(=O)C1=C(C(=O)c2ccc(F)cc2)[C@@H](c2ccccc2OC)n2nnnc2N1. The van der Waals surface area contributed by atoms with E-state index in [4.69, 9.17) is 9.47 Å². The molecule has 0 aliphatic carbocycles. The second-order valence-corrected chi connectivity index (χ2v) is 6.33. The van der Waals surface area contributed by atoms with E-state index in [2.05, 4.69) is 20.8 Å². The first-order valence-corrected chi connectivity index (χ1v) is 8.85. The molecule has 4 rings (SSSR count). The number of Topliss-reactive ketones (excluding diaryl/α,β-unsaturated/α-hetero) is 1. The fourth-order valence-corrected chi connectivity index (χ4v) is 3.33. The number of tetrazole rings is 1. The Bertz CT molecular complexity index is 1160. The molecular weight excluding hydrogens is 393 g/mol. The Labute approximate surface area is 170 Å². The van der Waals surface area contributed by atoms with Crippen LogP contribution < -0.4 is 10.1 Å². The topological polar surface area (TPSA) is 108 Å². The number of ketones is 1. The molecule has 10 heteroatoms. The van der Waals surface area contributed by atoms with Crippen LogP contribution in [0.25, 0.3) is 0 Å². The van der Waals surface area contributed by atoms with E-state index in [0.717, 1.165) is 0 Å². The molecule has 1 aliphatic rings. The average molecular weight is 409 g/mol. The van der Waals surface area contributed by atoms with Crippen LogP contribution in [-0.4, -0.2) is 46.2 Å². The molecule has 0 spiro atoms. The molecule has 152 valence electrons. The van der Waals surface area contributed by atoms with Gasteiger partial charge in [-0.2, -0.15) is 4.68 Å². The van der Waals surface area contributed by atoms with Gasteiger partial charge in [-0.3, -0.25) is 4.79 Å². The first-order valence-electron chi connectivity index (χ1n) is 8.85. The highest BCUT2D eigenvalue weighted by atomic mass is 19.1. The predicted octanol–water partition coefficient (Wildman–Crippen LogP) is 2.15. The van der Waals surface area contributed by atoms with Crippen molar-refractivity contribution in [2.45, 2.75) is 6.04 Å². The van der Waals surface area contributed by atoms with Gasteiger partial charge in [0.25, 0.3) is 0 Å². The van der Waals surface area contributed by atoms with Gasteiger partial charge in [0.05, 0.1) is 19.8 Å². The molecule has 1 atom stereocenters. The Morgan fingerprint density at radius 2 is 1.83 bits per heavy atom. The molecule has 1 N–H and O–H groups in total. The molecule has 0 bridgehead atoms. The number of halogens is 1. The number of nitrogens with zero attached hydrogens (tertiary/aromatic N) is 4. The average Bonchev–Trinajstić information content (AvgIpc) is 3.25. The van der Waals surface area contributed by atoms with Crippen LogP contribution >= 0.6 is 0 Å². The van der Waals surface area contributed by atoms with Gasteiger partial charge in [-0.05, 0) is 40.8 Å². The molecule has 0 saturated carbocycles. The highest BCUT2D eigenvalue weighted by Crippen LogP contribution is 2.40. The van der Waals surface area contributed by atoms with Crippen LogP contribution in [-0.2, 0) is 9.53 Å². The number of carbonyl (C=O) groups is 2. The minimum atomic E-state index is -0.890. The monoisotopic (exact) mass is 409 g/mol. The maximum absolute atomic E-state index is 13.5. The number of anilines is 1. The van der Waals surface area contributed by atoms with E-state index in [-0.39, 0.29) is 22.8 Å². The van der Waals surface area contributed by atoms with Crippen LogP contribution in [0, 0.1) is 5.82 Å². The predicted molar refractivity (Wildman–Crippen MR) is 102 cm³/mol. The molecule has 0 radical (unpaired) electrons. The molecule has 0 saturated heterocycles. The minimum absolute atomic E-state index is 0.0396. The Morgan fingerprint density at radius 3 is 2.53 bits per heavy atom. The summed E-state index contributed by atoms with van der Waals surface area (Å²) in [5, 5.41) is 14.3. The van der Waals surface area contributed by atoms with Gasteiger partial charge in [-0.25, -0.2) is 9.18 Å². The summed E-state index contributed by atoms with van der Waals surface area (Å²) in [5.41, 5.74) is 0.677. The van der Waals surface area contributed by atoms with Gasteiger partial charge in [0.2, 0.25) is 5.95 Å². The number of hydrogen-bond acceptors (Lipinski definition) is 8. The van der Waals surface area contributed by atoms with Gasteiger partial charge >= 0.3 is 5.97 Å². The third-order valence-corrected chi connectivity index (χ3v) is 4.69. The highest BCUT2D eigenvalue weighted by Gasteiger charge is 2.39. The molecule has 9 nitrogen and oxygen atoms in total. The van der Waals surface area contributed by atoms with Crippen molar-refractivity contribution in [3.05, 3.63) is 76.7 Å². The Morgan fingerprint density at radius 1 is 1.10 bits per heavy atom. The Kier molecular flexibility index (Phi) is 4.97. The smallest absolute Gasteiger partial charge is 0.355 e. The van der Waals surface area contributed by atoms with Crippen LogP contribution in [0.2, 0.25) is 0 Å². The van der Waals surface area contributed by atoms with Crippen LogP contribution in [0.5, 0.6) is 5.75 Å². The third-order valence-electron chi connectivity index (χ3n) is 4.69. The number of carbonyl (C=O) groups excluding carboxylic acids is 2. The minimum Gasteiger partial charge on any atom is -0.496 e. The van der Waals surface area contributed by atoms with Crippen molar-refractivity contribution in [1.29, 1.82) is 0 Å². The van der Waals surface area contributed by atoms with Crippen molar-refractivity contribution in [1.82, 2.24) is 20.2 Å². The van der Waals surface area contributed by atoms with Gasteiger partial charge in [0, 0.05) is 11.1 Å². The lowest BCUT2D eigenvalue weighted by Gasteiger charge is -2.28. The zero-order valence-electron chi connectivity index (χ0n) is 16.0. The van der Waals surface area contributed by atoms with E-state index in [0.29, 0.717) is 11.3 Å². The summed E-state index contributed by atoms with van der Waals surface area (Å²) in [5.74, 6) is -1.14. The molecule has 0 fully saturated rings. The number of esters is 1. The fraction of sp³-hybridized carbons (Fsp3) is 0.150. The van der Waals surface area contributed by atoms with Gasteiger partial charge in [-0.1, -0.05) is 23.3 Å². The normalized spacial score (nSPS) is 15.2. The van der Waals surface area contributed by atoms with E-state index in [1.807, 2.05) is 0 Å².